The molecule has 0 saturated heterocycles. The Hall–Kier alpha value is -1.90. The second-order valence-electron chi connectivity index (χ2n) is 4.55. The average molecular weight is 243 g/mol. The number of benzene rings is 1. The van der Waals surface area contributed by atoms with Gasteiger partial charge in [0.05, 0.1) is 0 Å². The van der Waals surface area contributed by atoms with Crippen LogP contribution in [0.5, 0.6) is 0 Å². The van der Waals surface area contributed by atoms with Crippen molar-refractivity contribution < 1.29 is 9.59 Å². The zero-order chi connectivity index (χ0) is 12.8. The molecule has 0 aromatic heterocycles. The number of nitrogens with one attached hydrogen (secondary N) is 1. The molecule has 1 amide bonds. The van der Waals surface area contributed by atoms with Crippen LogP contribution in [0.2, 0.25) is 0 Å². The second-order valence-corrected chi connectivity index (χ2v) is 4.55. The molecule has 1 aliphatic carbocycles. The second kappa shape index (κ2) is 6.15. The molecule has 2 rings (SSSR count). The van der Waals surface area contributed by atoms with E-state index in [0.29, 0.717) is 0 Å². The lowest BCUT2D eigenvalue weighted by molar-refractivity contribution is -0.119. The Bertz CT molecular complexity index is 459. The van der Waals surface area contributed by atoms with Crippen LogP contribution in [0.15, 0.2) is 30.3 Å². The molecule has 1 saturated carbocycles. The summed E-state index contributed by atoms with van der Waals surface area (Å²) in [5.74, 6) is 0.243. The highest BCUT2D eigenvalue weighted by Crippen LogP contribution is 2.26. The maximum atomic E-state index is 12.0. The predicted octanol–water partition coefficient (Wildman–Crippen LogP) is 3.03. The summed E-state index contributed by atoms with van der Waals surface area (Å²) in [6, 6.07) is 7.50. The number of para-hydroxylation sites is 1. The molecule has 0 unspecified atom stereocenters. The van der Waals surface area contributed by atoms with Crippen LogP contribution < -0.4 is 5.32 Å². The van der Waals surface area contributed by atoms with E-state index in [1.807, 2.05) is 24.3 Å². The molecule has 0 bridgehead atoms. The minimum absolute atomic E-state index is 0.0967. The molecule has 1 aromatic carbocycles. The molecule has 3 nitrogen and oxygen atoms in total. The Balaban J connectivity index is 2.10. The SMILES string of the molecule is O=C/C=C/c1ccccc1NC(=O)C1CCCC1. The van der Waals surface area contributed by atoms with Crippen LogP contribution in [0, 0.1) is 5.92 Å². The molecular weight excluding hydrogens is 226 g/mol. The smallest absolute Gasteiger partial charge is 0.227 e. The van der Waals surface area contributed by atoms with Gasteiger partial charge >= 0.3 is 0 Å². The molecule has 1 aromatic rings. The number of carbonyl (C=O) groups excluding carboxylic acids is 2. The molecule has 0 atom stereocenters. The quantitative estimate of drug-likeness (QED) is 0.652. The van der Waals surface area contributed by atoms with Crippen molar-refractivity contribution in [2.45, 2.75) is 25.7 Å². The van der Waals surface area contributed by atoms with E-state index >= 15 is 0 Å². The molecule has 18 heavy (non-hydrogen) atoms. The maximum absolute atomic E-state index is 12.0. The molecule has 0 aliphatic heterocycles. The molecule has 0 spiro atoms. The number of amides is 1. The van der Waals surface area contributed by atoms with Crippen molar-refractivity contribution in [3.8, 4) is 0 Å². The lowest BCUT2D eigenvalue weighted by Crippen LogP contribution is -2.20. The number of rotatable bonds is 4. The Morgan fingerprint density at radius 3 is 2.67 bits per heavy atom. The average Bonchev–Trinajstić information content (AvgIpc) is 2.91. The molecule has 3 heteroatoms. The normalized spacial score (nSPS) is 16.0. The number of hydrogen-bond donors (Lipinski definition) is 1. The fourth-order valence-corrected chi connectivity index (χ4v) is 2.32. The van der Waals surface area contributed by atoms with Gasteiger partial charge in [-0.15, -0.1) is 0 Å². The van der Waals surface area contributed by atoms with E-state index in [9.17, 15) is 9.59 Å². The fourth-order valence-electron chi connectivity index (χ4n) is 2.32. The van der Waals surface area contributed by atoms with Crippen LogP contribution in [0.3, 0.4) is 0 Å². The van der Waals surface area contributed by atoms with E-state index in [1.54, 1.807) is 6.08 Å². The van der Waals surface area contributed by atoms with Gasteiger partial charge in [-0.25, -0.2) is 0 Å². The largest absolute Gasteiger partial charge is 0.325 e. The van der Waals surface area contributed by atoms with Gasteiger partial charge in [0, 0.05) is 11.6 Å². The van der Waals surface area contributed by atoms with Crippen LogP contribution in [0.1, 0.15) is 31.2 Å². The number of aldehydes is 1. The highest BCUT2D eigenvalue weighted by Gasteiger charge is 2.22. The van der Waals surface area contributed by atoms with Gasteiger partial charge in [0.25, 0.3) is 0 Å². The van der Waals surface area contributed by atoms with Crippen molar-refractivity contribution >= 4 is 24.0 Å². The first-order chi connectivity index (χ1) is 8.81. The first-order valence-electron chi connectivity index (χ1n) is 6.33. The van der Waals surface area contributed by atoms with Crippen molar-refractivity contribution in [2.24, 2.45) is 5.92 Å². The maximum Gasteiger partial charge on any atom is 0.227 e. The van der Waals surface area contributed by atoms with Gasteiger partial charge in [-0.2, -0.15) is 0 Å². The Labute approximate surface area is 107 Å². The summed E-state index contributed by atoms with van der Waals surface area (Å²) >= 11 is 0. The monoisotopic (exact) mass is 243 g/mol. The fraction of sp³-hybridized carbons (Fsp3) is 0.333. The van der Waals surface area contributed by atoms with Gasteiger partial charge in [0.2, 0.25) is 5.91 Å². The number of anilines is 1. The Morgan fingerprint density at radius 1 is 1.22 bits per heavy atom. The predicted molar refractivity (Wildman–Crippen MR) is 72.1 cm³/mol. The van der Waals surface area contributed by atoms with E-state index in [1.165, 1.54) is 6.08 Å². The van der Waals surface area contributed by atoms with Crippen LogP contribution in [0.4, 0.5) is 5.69 Å². The van der Waals surface area contributed by atoms with Crippen LogP contribution >= 0.6 is 0 Å². The molecule has 1 N–H and O–H groups in total. The minimum atomic E-state index is 0.0967. The third kappa shape index (κ3) is 3.06. The standard InChI is InChI=1S/C15H17NO2/c17-11-5-9-12-6-3-4-10-14(12)16-15(18)13-7-1-2-8-13/h3-6,9-11,13H,1-2,7-8H2,(H,16,18)/b9-5+. The van der Waals surface area contributed by atoms with E-state index in [2.05, 4.69) is 5.32 Å². The van der Waals surface area contributed by atoms with E-state index in [-0.39, 0.29) is 11.8 Å². The van der Waals surface area contributed by atoms with Crippen LogP contribution in [-0.2, 0) is 9.59 Å². The number of allylic oxidation sites excluding steroid dienone is 1. The lowest BCUT2D eigenvalue weighted by Gasteiger charge is -2.12. The lowest BCUT2D eigenvalue weighted by atomic mass is 10.1. The molecule has 94 valence electrons. The highest BCUT2D eigenvalue weighted by molar-refractivity contribution is 5.95. The summed E-state index contributed by atoms with van der Waals surface area (Å²) in [5.41, 5.74) is 1.63. The van der Waals surface area contributed by atoms with Crippen molar-refractivity contribution in [3.05, 3.63) is 35.9 Å². The van der Waals surface area contributed by atoms with Gasteiger partial charge in [0.15, 0.2) is 0 Å². The molecule has 0 radical (unpaired) electrons. The topological polar surface area (TPSA) is 46.2 Å². The first-order valence-corrected chi connectivity index (χ1v) is 6.33. The summed E-state index contributed by atoms with van der Waals surface area (Å²) in [5, 5.41) is 2.96. The van der Waals surface area contributed by atoms with E-state index in [4.69, 9.17) is 0 Å². The molecule has 1 fully saturated rings. The van der Waals surface area contributed by atoms with E-state index in [0.717, 1.165) is 43.2 Å². The summed E-state index contributed by atoms with van der Waals surface area (Å²) in [7, 11) is 0. The summed E-state index contributed by atoms with van der Waals surface area (Å²) < 4.78 is 0. The van der Waals surface area contributed by atoms with Gasteiger partial charge in [-0.05, 0) is 36.6 Å². The highest BCUT2D eigenvalue weighted by atomic mass is 16.1. The van der Waals surface area contributed by atoms with Crippen LogP contribution in [-0.4, -0.2) is 12.2 Å². The first kappa shape index (κ1) is 12.6. The van der Waals surface area contributed by atoms with Gasteiger partial charge in [-0.3, -0.25) is 9.59 Å². The zero-order valence-electron chi connectivity index (χ0n) is 10.3. The van der Waals surface area contributed by atoms with Crippen molar-refractivity contribution in [3.63, 3.8) is 0 Å². The Kier molecular flexibility index (Phi) is 4.29. The molecule has 0 heterocycles. The third-order valence-electron chi connectivity index (χ3n) is 3.30. The van der Waals surface area contributed by atoms with Gasteiger partial charge < -0.3 is 5.32 Å². The number of carbonyl (C=O) groups is 2. The van der Waals surface area contributed by atoms with Crippen molar-refractivity contribution in [1.82, 2.24) is 0 Å². The molecule has 1 aliphatic rings. The van der Waals surface area contributed by atoms with Crippen molar-refractivity contribution in [1.29, 1.82) is 0 Å². The van der Waals surface area contributed by atoms with E-state index < -0.39 is 0 Å². The molecular formula is C15H17NO2. The summed E-state index contributed by atoms with van der Waals surface area (Å²) in [6.45, 7) is 0. The summed E-state index contributed by atoms with van der Waals surface area (Å²) in [6.07, 6.45) is 8.12. The Morgan fingerprint density at radius 2 is 1.94 bits per heavy atom. The van der Waals surface area contributed by atoms with Gasteiger partial charge in [0.1, 0.15) is 6.29 Å². The summed E-state index contributed by atoms with van der Waals surface area (Å²) in [4.78, 5) is 22.4. The van der Waals surface area contributed by atoms with Crippen molar-refractivity contribution in [2.75, 3.05) is 5.32 Å². The van der Waals surface area contributed by atoms with Crippen LogP contribution in [0.25, 0.3) is 6.08 Å². The third-order valence-corrected chi connectivity index (χ3v) is 3.30. The zero-order valence-corrected chi connectivity index (χ0v) is 10.3. The minimum Gasteiger partial charge on any atom is -0.325 e. The number of hydrogen-bond acceptors (Lipinski definition) is 2. The van der Waals surface area contributed by atoms with Gasteiger partial charge in [-0.1, -0.05) is 31.0 Å².